The van der Waals surface area contributed by atoms with E-state index in [-0.39, 0.29) is 0 Å². The number of nitrogens with two attached hydrogens (primary N) is 1. The SMILES string of the molecule is CC(C)c1cc(CN)nn1-c1ccccc1Br. The van der Waals surface area contributed by atoms with Crippen molar-refractivity contribution in [2.75, 3.05) is 0 Å². The largest absolute Gasteiger partial charge is 0.325 e. The van der Waals surface area contributed by atoms with Crippen LogP contribution in [-0.4, -0.2) is 9.78 Å². The first-order chi connectivity index (χ1) is 8.13. The zero-order valence-electron chi connectivity index (χ0n) is 10.0. The Labute approximate surface area is 110 Å². The minimum Gasteiger partial charge on any atom is -0.325 e. The predicted octanol–water partition coefficient (Wildman–Crippen LogP) is 3.22. The molecule has 0 bridgehead atoms. The van der Waals surface area contributed by atoms with Crippen molar-refractivity contribution in [3.05, 3.63) is 46.2 Å². The van der Waals surface area contributed by atoms with Crippen LogP contribution in [0.1, 0.15) is 31.2 Å². The van der Waals surface area contributed by atoms with Gasteiger partial charge in [0.2, 0.25) is 0 Å². The molecule has 17 heavy (non-hydrogen) atoms. The summed E-state index contributed by atoms with van der Waals surface area (Å²) in [7, 11) is 0. The fraction of sp³-hybridized carbons (Fsp3) is 0.308. The lowest BCUT2D eigenvalue weighted by atomic mass is 10.1. The summed E-state index contributed by atoms with van der Waals surface area (Å²) in [5.41, 5.74) is 8.81. The third kappa shape index (κ3) is 2.42. The fourth-order valence-electron chi connectivity index (χ4n) is 1.77. The smallest absolute Gasteiger partial charge is 0.0790 e. The van der Waals surface area contributed by atoms with Crippen molar-refractivity contribution in [1.29, 1.82) is 0 Å². The molecule has 0 radical (unpaired) electrons. The molecule has 0 aliphatic rings. The molecule has 0 amide bonds. The summed E-state index contributed by atoms with van der Waals surface area (Å²) in [6, 6.07) is 10.1. The quantitative estimate of drug-likeness (QED) is 0.944. The van der Waals surface area contributed by atoms with Gasteiger partial charge >= 0.3 is 0 Å². The Morgan fingerprint density at radius 3 is 2.65 bits per heavy atom. The molecule has 0 unspecified atom stereocenters. The minimum absolute atomic E-state index is 0.412. The fourth-order valence-corrected chi connectivity index (χ4v) is 2.23. The van der Waals surface area contributed by atoms with E-state index in [9.17, 15) is 0 Å². The van der Waals surface area contributed by atoms with Crippen molar-refractivity contribution < 1.29 is 0 Å². The Morgan fingerprint density at radius 2 is 2.06 bits per heavy atom. The van der Waals surface area contributed by atoms with Crippen molar-refractivity contribution >= 4 is 15.9 Å². The minimum atomic E-state index is 0.412. The van der Waals surface area contributed by atoms with Crippen molar-refractivity contribution in [3.63, 3.8) is 0 Å². The van der Waals surface area contributed by atoms with Gasteiger partial charge in [-0.05, 0) is 40.0 Å². The number of hydrogen-bond acceptors (Lipinski definition) is 2. The summed E-state index contributed by atoms with van der Waals surface area (Å²) in [4.78, 5) is 0. The average Bonchev–Trinajstić information content (AvgIpc) is 2.73. The summed E-state index contributed by atoms with van der Waals surface area (Å²) < 4.78 is 3.00. The Kier molecular flexibility index (Phi) is 3.64. The van der Waals surface area contributed by atoms with Crippen molar-refractivity contribution in [3.8, 4) is 5.69 Å². The van der Waals surface area contributed by atoms with Crippen LogP contribution in [-0.2, 0) is 6.54 Å². The maximum absolute atomic E-state index is 5.66. The maximum Gasteiger partial charge on any atom is 0.0790 e. The van der Waals surface area contributed by atoms with Gasteiger partial charge in [0, 0.05) is 16.7 Å². The molecule has 0 saturated heterocycles. The first-order valence-corrected chi connectivity index (χ1v) is 6.46. The van der Waals surface area contributed by atoms with Crippen LogP contribution in [0, 0.1) is 0 Å². The number of hydrogen-bond donors (Lipinski definition) is 1. The van der Waals surface area contributed by atoms with E-state index in [2.05, 4.69) is 40.9 Å². The topological polar surface area (TPSA) is 43.8 Å². The maximum atomic E-state index is 5.66. The molecule has 90 valence electrons. The van der Waals surface area contributed by atoms with Gasteiger partial charge < -0.3 is 5.73 Å². The molecule has 1 aromatic heterocycles. The van der Waals surface area contributed by atoms with Gasteiger partial charge in [-0.15, -0.1) is 0 Å². The zero-order chi connectivity index (χ0) is 12.4. The molecule has 1 heterocycles. The standard InChI is InChI=1S/C13H16BrN3/c1-9(2)13-7-10(8-15)16-17(13)12-6-4-3-5-11(12)14/h3-7,9H,8,15H2,1-2H3. The van der Waals surface area contributed by atoms with Gasteiger partial charge in [-0.25, -0.2) is 4.68 Å². The second-order valence-electron chi connectivity index (χ2n) is 4.28. The Balaban J connectivity index is 2.58. The average molecular weight is 294 g/mol. The molecule has 0 aliphatic heterocycles. The third-order valence-electron chi connectivity index (χ3n) is 2.67. The predicted molar refractivity (Wildman–Crippen MR) is 73.2 cm³/mol. The van der Waals surface area contributed by atoms with Gasteiger partial charge in [-0.1, -0.05) is 26.0 Å². The summed E-state index contributed by atoms with van der Waals surface area (Å²) in [6.45, 7) is 4.78. The van der Waals surface area contributed by atoms with E-state index in [1.165, 1.54) is 5.69 Å². The first-order valence-electron chi connectivity index (χ1n) is 5.67. The van der Waals surface area contributed by atoms with Gasteiger partial charge in [0.15, 0.2) is 0 Å². The van der Waals surface area contributed by atoms with Gasteiger partial charge in [0.05, 0.1) is 11.4 Å². The number of para-hydroxylation sites is 1. The highest BCUT2D eigenvalue weighted by Crippen LogP contribution is 2.25. The molecule has 0 fully saturated rings. The van der Waals surface area contributed by atoms with E-state index in [1.807, 2.05) is 28.9 Å². The highest BCUT2D eigenvalue weighted by atomic mass is 79.9. The second-order valence-corrected chi connectivity index (χ2v) is 5.14. The summed E-state index contributed by atoms with van der Waals surface area (Å²) in [5, 5.41) is 4.54. The van der Waals surface area contributed by atoms with Gasteiger partial charge in [-0.2, -0.15) is 5.10 Å². The molecular formula is C13H16BrN3. The second kappa shape index (κ2) is 5.02. The number of nitrogens with zero attached hydrogens (tertiary/aromatic N) is 2. The van der Waals surface area contributed by atoms with Crippen LogP contribution in [0.3, 0.4) is 0 Å². The lowest BCUT2D eigenvalue weighted by Crippen LogP contribution is -2.05. The lowest BCUT2D eigenvalue weighted by molar-refractivity contribution is 0.725. The van der Waals surface area contributed by atoms with Crippen LogP contribution >= 0.6 is 15.9 Å². The highest BCUT2D eigenvalue weighted by Gasteiger charge is 2.13. The lowest BCUT2D eigenvalue weighted by Gasteiger charge is -2.11. The van der Waals surface area contributed by atoms with Gasteiger partial charge in [-0.3, -0.25) is 0 Å². The van der Waals surface area contributed by atoms with E-state index < -0.39 is 0 Å². The summed E-state index contributed by atoms with van der Waals surface area (Å²) >= 11 is 3.56. The van der Waals surface area contributed by atoms with Crippen molar-refractivity contribution in [2.24, 2.45) is 5.73 Å². The number of aromatic nitrogens is 2. The van der Waals surface area contributed by atoms with E-state index >= 15 is 0 Å². The first kappa shape index (κ1) is 12.3. The normalized spacial score (nSPS) is 11.1. The van der Waals surface area contributed by atoms with Crippen LogP contribution in [0.5, 0.6) is 0 Å². The van der Waals surface area contributed by atoms with Crippen LogP contribution in [0.25, 0.3) is 5.69 Å². The molecular weight excluding hydrogens is 278 g/mol. The summed E-state index contributed by atoms with van der Waals surface area (Å²) in [5.74, 6) is 0.412. The Bertz CT molecular complexity index is 517. The third-order valence-corrected chi connectivity index (χ3v) is 3.34. The molecule has 0 saturated carbocycles. The number of rotatable bonds is 3. The van der Waals surface area contributed by atoms with Crippen LogP contribution in [0.2, 0.25) is 0 Å². The van der Waals surface area contributed by atoms with Gasteiger partial charge in [0.25, 0.3) is 0 Å². The molecule has 0 atom stereocenters. The Morgan fingerprint density at radius 1 is 1.35 bits per heavy atom. The molecule has 1 aromatic carbocycles. The van der Waals surface area contributed by atoms with Crippen molar-refractivity contribution in [2.45, 2.75) is 26.3 Å². The number of halogens is 1. The molecule has 0 spiro atoms. The molecule has 2 N–H and O–H groups in total. The van der Waals surface area contributed by atoms with Gasteiger partial charge in [0.1, 0.15) is 0 Å². The van der Waals surface area contributed by atoms with E-state index in [0.717, 1.165) is 15.9 Å². The molecule has 0 aliphatic carbocycles. The highest BCUT2D eigenvalue weighted by molar-refractivity contribution is 9.10. The number of benzene rings is 1. The molecule has 2 aromatic rings. The Hall–Kier alpha value is -1.13. The molecule has 3 nitrogen and oxygen atoms in total. The van der Waals surface area contributed by atoms with E-state index in [1.54, 1.807) is 0 Å². The van der Waals surface area contributed by atoms with Crippen LogP contribution < -0.4 is 5.73 Å². The molecule has 2 rings (SSSR count). The monoisotopic (exact) mass is 293 g/mol. The summed E-state index contributed by atoms with van der Waals surface area (Å²) in [6.07, 6.45) is 0. The van der Waals surface area contributed by atoms with Crippen LogP contribution in [0.4, 0.5) is 0 Å². The molecule has 4 heteroatoms. The van der Waals surface area contributed by atoms with Crippen LogP contribution in [0.15, 0.2) is 34.8 Å². The zero-order valence-corrected chi connectivity index (χ0v) is 11.6. The van der Waals surface area contributed by atoms with E-state index in [4.69, 9.17) is 5.73 Å². The van der Waals surface area contributed by atoms with E-state index in [0.29, 0.717) is 12.5 Å². The van der Waals surface area contributed by atoms with Crippen molar-refractivity contribution in [1.82, 2.24) is 9.78 Å².